The Hall–Kier alpha value is -1.44. The molecule has 2 rings (SSSR count). The average Bonchev–Trinajstić information content (AvgIpc) is 2.89. The zero-order chi connectivity index (χ0) is 13.9. The van der Waals surface area contributed by atoms with Crippen LogP contribution < -0.4 is 10.5 Å². The van der Waals surface area contributed by atoms with E-state index in [2.05, 4.69) is 9.71 Å². The second-order valence-electron chi connectivity index (χ2n) is 4.02. The van der Waals surface area contributed by atoms with Crippen LogP contribution in [0, 0.1) is 0 Å². The summed E-state index contributed by atoms with van der Waals surface area (Å²) in [7, 11) is -3.55. The van der Waals surface area contributed by atoms with Gasteiger partial charge < -0.3 is 5.73 Å². The number of anilines is 1. The number of aromatic nitrogens is 1. The van der Waals surface area contributed by atoms with E-state index >= 15 is 0 Å². The number of nitrogens with zero attached hydrogens (tertiary/aromatic N) is 1. The van der Waals surface area contributed by atoms with Gasteiger partial charge in [0.15, 0.2) is 0 Å². The Kier molecular flexibility index (Phi) is 4.18. The van der Waals surface area contributed by atoms with Crippen molar-refractivity contribution in [2.45, 2.75) is 24.8 Å². The minimum atomic E-state index is -3.55. The number of benzene rings is 1. The van der Waals surface area contributed by atoms with Crippen LogP contribution in [0.5, 0.6) is 0 Å². The zero-order valence-electron chi connectivity index (χ0n) is 10.5. The Bertz CT molecular complexity index is 652. The van der Waals surface area contributed by atoms with Gasteiger partial charge in [0.25, 0.3) is 0 Å². The molecule has 1 aromatic heterocycles. The summed E-state index contributed by atoms with van der Waals surface area (Å²) in [5, 5.41) is 1.80. The number of hydrogen-bond acceptors (Lipinski definition) is 5. The molecular formula is C12H15N3O2S2. The van der Waals surface area contributed by atoms with E-state index < -0.39 is 10.0 Å². The number of thiazole rings is 1. The van der Waals surface area contributed by atoms with E-state index in [1.54, 1.807) is 23.0 Å². The summed E-state index contributed by atoms with van der Waals surface area (Å²) >= 11 is 1.43. The molecule has 2 aromatic rings. The molecule has 19 heavy (non-hydrogen) atoms. The van der Waals surface area contributed by atoms with Crippen LogP contribution in [-0.4, -0.2) is 13.4 Å². The second-order valence-corrected chi connectivity index (χ2v) is 6.50. The Morgan fingerprint density at radius 1 is 1.42 bits per heavy atom. The lowest BCUT2D eigenvalue weighted by molar-refractivity contribution is 0.580. The lowest BCUT2D eigenvalue weighted by Gasteiger charge is -2.08. The van der Waals surface area contributed by atoms with Crippen molar-refractivity contribution in [3.05, 3.63) is 40.3 Å². The summed E-state index contributed by atoms with van der Waals surface area (Å²) in [5.41, 5.74) is 9.62. The molecular weight excluding hydrogens is 282 g/mol. The van der Waals surface area contributed by atoms with Crippen LogP contribution in [0.1, 0.15) is 18.2 Å². The second kappa shape index (κ2) is 5.68. The van der Waals surface area contributed by atoms with Gasteiger partial charge in [-0.3, -0.25) is 0 Å². The fourth-order valence-electron chi connectivity index (χ4n) is 1.64. The first kappa shape index (κ1) is 14.0. The number of nitrogens with two attached hydrogens (primary N) is 1. The van der Waals surface area contributed by atoms with Crippen molar-refractivity contribution in [2.75, 3.05) is 5.73 Å². The van der Waals surface area contributed by atoms with Crippen molar-refractivity contribution in [2.24, 2.45) is 0 Å². The summed E-state index contributed by atoms with van der Waals surface area (Å²) in [4.78, 5) is 4.20. The van der Waals surface area contributed by atoms with E-state index in [1.807, 2.05) is 6.92 Å². The SMILES string of the molecule is CCc1ccc(S(=O)(=O)NCc2cscn2)cc1N. The zero-order valence-corrected chi connectivity index (χ0v) is 12.1. The molecule has 0 atom stereocenters. The molecule has 0 radical (unpaired) electrons. The molecule has 0 bridgehead atoms. The summed E-state index contributed by atoms with van der Waals surface area (Å²) in [6.45, 7) is 2.15. The number of hydrogen-bond donors (Lipinski definition) is 2. The van der Waals surface area contributed by atoms with E-state index in [1.165, 1.54) is 17.4 Å². The molecule has 0 unspecified atom stereocenters. The highest BCUT2D eigenvalue weighted by Crippen LogP contribution is 2.18. The van der Waals surface area contributed by atoms with Crippen LogP contribution in [0.2, 0.25) is 0 Å². The minimum Gasteiger partial charge on any atom is -0.398 e. The topological polar surface area (TPSA) is 85.1 Å². The van der Waals surface area contributed by atoms with Gasteiger partial charge in [-0.25, -0.2) is 18.1 Å². The summed E-state index contributed by atoms with van der Waals surface area (Å²) in [6, 6.07) is 4.80. The lowest BCUT2D eigenvalue weighted by Crippen LogP contribution is -2.23. The monoisotopic (exact) mass is 297 g/mol. The summed E-state index contributed by atoms with van der Waals surface area (Å²) in [6.07, 6.45) is 0.776. The Morgan fingerprint density at radius 3 is 2.79 bits per heavy atom. The summed E-state index contributed by atoms with van der Waals surface area (Å²) < 4.78 is 26.7. The standard InChI is InChI=1S/C12H15N3O2S2/c1-2-9-3-4-11(5-12(9)13)19(16,17)15-6-10-7-18-8-14-10/h3-5,7-8,15H,2,6,13H2,1H3. The molecule has 0 aliphatic rings. The first-order valence-electron chi connectivity index (χ1n) is 5.78. The third kappa shape index (κ3) is 3.31. The van der Waals surface area contributed by atoms with Gasteiger partial charge in [0.05, 0.1) is 22.6 Å². The fourth-order valence-corrected chi connectivity index (χ4v) is 3.23. The first-order valence-corrected chi connectivity index (χ1v) is 8.20. The molecule has 0 fully saturated rings. The quantitative estimate of drug-likeness (QED) is 0.824. The van der Waals surface area contributed by atoms with Gasteiger partial charge in [0.1, 0.15) is 0 Å². The van der Waals surface area contributed by atoms with E-state index in [0.29, 0.717) is 11.4 Å². The predicted octanol–water partition coefficient (Wildman–Crippen LogP) is 1.77. The highest BCUT2D eigenvalue weighted by molar-refractivity contribution is 7.89. The molecule has 0 aliphatic carbocycles. The molecule has 0 aliphatic heterocycles. The minimum absolute atomic E-state index is 0.178. The van der Waals surface area contributed by atoms with E-state index in [9.17, 15) is 8.42 Å². The van der Waals surface area contributed by atoms with Crippen LogP contribution in [0.4, 0.5) is 5.69 Å². The molecule has 7 heteroatoms. The highest BCUT2D eigenvalue weighted by Gasteiger charge is 2.15. The maximum absolute atomic E-state index is 12.1. The molecule has 0 spiro atoms. The van der Waals surface area contributed by atoms with Gasteiger partial charge in [0, 0.05) is 11.1 Å². The van der Waals surface area contributed by atoms with Gasteiger partial charge in [-0.15, -0.1) is 11.3 Å². The molecule has 0 amide bonds. The lowest BCUT2D eigenvalue weighted by atomic mass is 10.1. The molecule has 3 N–H and O–H groups in total. The fraction of sp³-hybridized carbons (Fsp3) is 0.250. The molecule has 0 saturated carbocycles. The van der Waals surface area contributed by atoms with Crippen LogP contribution in [0.3, 0.4) is 0 Å². The molecule has 5 nitrogen and oxygen atoms in total. The molecule has 1 aromatic carbocycles. The van der Waals surface area contributed by atoms with Crippen LogP contribution in [-0.2, 0) is 23.0 Å². The van der Waals surface area contributed by atoms with Crippen molar-refractivity contribution in [1.29, 1.82) is 0 Å². The molecule has 0 saturated heterocycles. The predicted molar refractivity (Wildman–Crippen MR) is 76.4 cm³/mol. The highest BCUT2D eigenvalue weighted by atomic mass is 32.2. The van der Waals surface area contributed by atoms with Crippen LogP contribution in [0.25, 0.3) is 0 Å². The normalized spacial score (nSPS) is 11.6. The van der Waals surface area contributed by atoms with Crippen LogP contribution >= 0.6 is 11.3 Å². The Morgan fingerprint density at radius 2 is 2.21 bits per heavy atom. The number of nitrogen functional groups attached to an aromatic ring is 1. The van der Waals surface area contributed by atoms with Gasteiger partial charge >= 0.3 is 0 Å². The average molecular weight is 297 g/mol. The van der Waals surface area contributed by atoms with Crippen molar-refractivity contribution in [3.63, 3.8) is 0 Å². The van der Waals surface area contributed by atoms with Crippen molar-refractivity contribution >= 4 is 27.0 Å². The first-order chi connectivity index (χ1) is 9.03. The van der Waals surface area contributed by atoms with Gasteiger partial charge in [-0.1, -0.05) is 13.0 Å². The maximum Gasteiger partial charge on any atom is 0.240 e. The number of aryl methyl sites for hydroxylation is 1. The summed E-state index contributed by atoms with van der Waals surface area (Å²) in [5.74, 6) is 0. The van der Waals surface area contributed by atoms with Crippen LogP contribution in [0.15, 0.2) is 34.0 Å². The van der Waals surface area contributed by atoms with E-state index in [4.69, 9.17) is 5.73 Å². The van der Waals surface area contributed by atoms with Gasteiger partial charge in [-0.2, -0.15) is 0 Å². The maximum atomic E-state index is 12.1. The number of sulfonamides is 1. The van der Waals surface area contributed by atoms with E-state index in [-0.39, 0.29) is 11.4 Å². The van der Waals surface area contributed by atoms with Gasteiger partial charge in [0.2, 0.25) is 10.0 Å². The number of rotatable bonds is 5. The Labute approximate surface area is 116 Å². The van der Waals surface area contributed by atoms with Crippen molar-refractivity contribution in [1.82, 2.24) is 9.71 Å². The molecule has 102 valence electrons. The van der Waals surface area contributed by atoms with Crippen molar-refractivity contribution in [3.8, 4) is 0 Å². The third-order valence-corrected chi connectivity index (χ3v) is 4.77. The van der Waals surface area contributed by atoms with Crippen molar-refractivity contribution < 1.29 is 8.42 Å². The number of nitrogens with one attached hydrogen (secondary N) is 1. The largest absolute Gasteiger partial charge is 0.398 e. The van der Waals surface area contributed by atoms with E-state index in [0.717, 1.165) is 12.0 Å². The Balaban J connectivity index is 2.17. The molecule has 1 heterocycles. The van der Waals surface area contributed by atoms with Gasteiger partial charge in [-0.05, 0) is 24.1 Å². The third-order valence-electron chi connectivity index (χ3n) is 2.74. The smallest absolute Gasteiger partial charge is 0.240 e.